The number of halogens is 4. The molecule has 0 spiro atoms. The van der Waals surface area contributed by atoms with Crippen molar-refractivity contribution in [2.75, 3.05) is 18.4 Å². The van der Waals surface area contributed by atoms with Crippen LogP contribution in [0, 0.1) is 0 Å². The van der Waals surface area contributed by atoms with Crippen LogP contribution in [0.2, 0.25) is 0 Å². The van der Waals surface area contributed by atoms with E-state index in [1.807, 2.05) is 0 Å². The van der Waals surface area contributed by atoms with E-state index in [1.54, 1.807) is 0 Å². The van der Waals surface area contributed by atoms with E-state index in [4.69, 9.17) is 5.73 Å². The number of rotatable bonds is 1. The number of hydrogen-bond acceptors (Lipinski definition) is 2. The number of anilines is 1. The number of carbonyl (C=O) groups excluding carboxylic acids is 1. The Labute approximate surface area is 120 Å². The molecule has 1 aliphatic rings. The van der Waals surface area contributed by atoms with E-state index in [-0.39, 0.29) is 24.1 Å². The number of amides is 2. The van der Waals surface area contributed by atoms with Crippen LogP contribution < -0.4 is 11.1 Å². The molecule has 3 N–H and O–H groups in total. The molecular formula is C12H15ClF3N3O. The van der Waals surface area contributed by atoms with Crippen molar-refractivity contribution >= 4 is 24.1 Å². The number of nitrogens with zero attached hydrogens (tertiary/aromatic N) is 1. The lowest BCUT2D eigenvalue weighted by atomic mass is 10.2. The first kappa shape index (κ1) is 16.6. The van der Waals surface area contributed by atoms with Gasteiger partial charge in [0.2, 0.25) is 0 Å². The van der Waals surface area contributed by atoms with E-state index in [1.165, 1.54) is 17.0 Å². The standard InChI is InChI=1S/C12H14F3N3O.ClH/c13-12(14,15)8-2-1-3-10(6-8)17-11(19)18-5-4-9(16)7-18;/h1-3,6,9H,4-5,7,16H2,(H,17,19);1H. The topological polar surface area (TPSA) is 58.4 Å². The Bertz CT molecular complexity index is 481. The van der Waals surface area contributed by atoms with Crippen molar-refractivity contribution in [2.24, 2.45) is 5.73 Å². The lowest BCUT2D eigenvalue weighted by Crippen LogP contribution is -2.35. The third kappa shape index (κ3) is 4.01. The fourth-order valence-corrected chi connectivity index (χ4v) is 1.95. The number of carbonyl (C=O) groups is 1. The van der Waals surface area contributed by atoms with Crippen molar-refractivity contribution in [3.05, 3.63) is 29.8 Å². The van der Waals surface area contributed by atoms with E-state index in [0.29, 0.717) is 19.5 Å². The van der Waals surface area contributed by atoms with E-state index < -0.39 is 17.8 Å². The molecule has 1 fully saturated rings. The van der Waals surface area contributed by atoms with Crippen molar-refractivity contribution in [3.8, 4) is 0 Å². The molecule has 112 valence electrons. The SMILES string of the molecule is Cl.NC1CCN(C(=O)Nc2cccc(C(F)(F)F)c2)C1. The van der Waals surface area contributed by atoms with Gasteiger partial charge in [-0.25, -0.2) is 4.79 Å². The van der Waals surface area contributed by atoms with Gasteiger partial charge in [0.1, 0.15) is 0 Å². The third-order valence-corrected chi connectivity index (χ3v) is 2.95. The van der Waals surface area contributed by atoms with Crippen LogP contribution in [0.25, 0.3) is 0 Å². The number of hydrogen-bond donors (Lipinski definition) is 2. The van der Waals surface area contributed by atoms with Gasteiger partial charge in [0.25, 0.3) is 0 Å². The summed E-state index contributed by atoms with van der Waals surface area (Å²) in [5.41, 5.74) is 5.00. The van der Waals surface area contributed by atoms with E-state index in [0.717, 1.165) is 12.1 Å². The summed E-state index contributed by atoms with van der Waals surface area (Å²) in [5, 5.41) is 2.45. The molecule has 8 heteroatoms. The van der Waals surface area contributed by atoms with Gasteiger partial charge in [-0.15, -0.1) is 12.4 Å². The van der Waals surface area contributed by atoms with Crippen LogP contribution in [-0.4, -0.2) is 30.1 Å². The maximum Gasteiger partial charge on any atom is 0.416 e. The average Bonchev–Trinajstić information content (AvgIpc) is 2.75. The lowest BCUT2D eigenvalue weighted by molar-refractivity contribution is -0.137. The molecule has 1 aromatic rings. The first-order chi connectivity index (χ1) is 8.86. The molecule has 1 saturated heterocycles. The largest absolute Gasteiger partial charge is 0.416 e. The Morgan fingerprint density at radius 2 is 2.10 bits per heavy atom. The third-order valence-electron chi connectivity index (χ3n) is 2.95. The Morgan fingerprint density at radius 3 is 2.65 bits per heavy atom. The molecule has 0 bridgehead atoms. The van der Waals surface area contributed by atoms with Crippen LogP contribution in [0.4, 0.5) is 23.7 Å². The molecule has 0 aromatic heterocycles. The minimum Gasteiger partial charge on any atom is -0.326 e. The maximum atomic E-state index is 12.5. The van der Waals surface area contributed by atoms with Gasteiger partial charge in [-0.3, -0.25) is 0 Å². The second-order valence-electron chi connectivity index (χ2n) is 4.50. The van der Waals surface area contributed by atoms with Crippen molar-refractivity contribution in [1.29, 1.82) is 0 Å². The van der Waals surface area contributed by atoms with Crippen LogP contribution in [0.1, 0.15) is 12.0 Å². The second-order valence-corrected chi connectivity index (χ2v) is 4.50. The summed E-state index contributed by atoms with van der Waals surface area (Å²) in [6.07, 6.45) is -3.72. The van der Waals surface area contributed by atoms with Gasteiger partial charge in [0.15, 0.2) is 0 Å². The van der Waals surface area contributed by atoms with Gasteiger partial charge in [0, 0.05) is 24.8 Å². The van der Waals surface area contributed by atoms with E-state index >= 15 is 0 Å². The van der Waals surface area contributed by atoms with Crippen LogP contribution in [-0.2, 0) is 6.18 Å². The van der Waals surface area contributed by atoms with Crippen LogP contribution in [0.3, 0.4) is 0 Å². The zero-order valence-electron chi connectivity index (χ0n) is 10.5. The molecule has 1 aliphatic heterocycles. The van der Waals surface area contributed by atoms with Crippen LogP contribution in [0.5, 0.6) is 0 Å². The highest BCUT2D eigenvalue weighted by Gasteiger charge is 2.30. The summed E-state index contributed by atoms with van der Waals surface area (Å²) >= 11 is 0. The Kier molecular flexibility index (Phi) is 5.24. The lowest BCUT2D eigenvalue weighted by Gasteiger charge is -2.17. The number of likely N-dealkylation sites (tertiary alicyclic amines) is 1. The van der Waals surface area contributed by atoms with Crippen LogP contribution in [0.15, 0.2) is 24.3 Å². The smallest absolute Gasteiger partial charge is 0.326 e. The van der Waals surface area contributed by atoms with E-state index in [2.05, 4.69) is 5.32 Å². The van der Waals surface area contributed by atoms with Gasteiger partial charge >= 0.3 is 12.2 Å². The summed E-state index contributed by atoms with van der Waals surface area (Å²) in [6, 6.07) is 4.06. The molecule has 1 heterocycles. The summed E-state index contributed by atoms with van der Waals surface area (Å²) in [4.78, 5) is 13.3. The molecule has 2 amide bonds. The highest BCUT2D eigenvalue weighted by Crippen LogP contribution is 2.30. The average molecular weight is 310 g/mol. The van der Waals surface area contributed by atoms with Crippen LogP contribution >= 0.6 is 12.4 Å². The highest BCUT2D eigenvalue weighted by molar-refractivity contribution is 5.89. The number of benzene rings is 1. The number of urea groups is 1. The zero-order chi connectivity index (χ0) is 14.0. The van der Waals surface area contributed by atoms with Crippen molar-refractivity contribution in [3.63, 3.8) is 0 Å². The molecule has 1 aromatic carbocycles. The first-order valence-electron chi connectivity index (χ1n) is 5.85. The molecule has 20 heavy (non-hydrogen) atoms. The summed E-state index contributed by atoms with van der Waals surface area (Å²) in [5.74, 6) is 0. The summed E-state index contributed by atoms with van der Waals surface area (Å²) < 4.78 is 37.6. The normalized spacial score (nSPS) is 18.6. The predicted octanol–water partition coefficient (Wildman–Crippen LogP) is 2.69. The second kappa shape index (κ2) is 6.32. The Balaban J connectivity index is 0.00000200. The Hall–Kier alpha value is -1.47. The molecular weight excluding hydrogens is 295 g/mol. The fourth-order valence-electron chi connectivity index (χ4n) is 1.95. The number of nitrogens with one attached hydrogen (secondary N) is 1. The minimum absolute atomic E-state index is 0. The molecule has 0 radical (unpaired) electrons. The number of nitrogens with two attached hydrogens (primary N) is 1. The monoisotopic (exact) mass is 309 g/mol. The van der Waals surface area contributed by atoms with Gasteiger partial charge in [-0.05, 0) is 24.6 Å². The van der Waals surface area contributed by atoms with Crippen molar-refractivity contribution in [2.45, 2.75) is 18.6 Å². The highest BCUT2D eigenvalue weighted by atomic mass is 35.5. The van der Waals surface area contributed by atoms with Crippen molar-refractivity contribution in [1.82, 2.24) is 4.90 Å². The molecule has 4 nitrogen and oxygen atoms in total. The van der Waals surface area contributed by atoms with E-state index in [9.17, 15) is 18.0 Å². The number of alkyl halides is 3. The molecule has 1 atom stereocenters. The zero-order valence-corrected chi connectivity index (χ0v) is 11.3. The summed E-state index contributed by atoms with van der Waals surface area (Å²) in [6.45, 7) is 0.941. The van der Waals surface area contributed by atoms with Crippen molar-refractivity contribution < 1.29 is 18.0 Å². The Morgan fingerprint density at radius 1 is 1.40 bits per heavy atom. The fraction of sp³-hybridized carbons (Fsp3) is 0.417. The quantitative estimate of drug-likeness (QED) is 0.838. The molecule has 1 unspecified atom stereocenters. The molecule has 0 saturated carbocycles. The van der Waals surface area contributed by atoms with Gasteiger partial charge in [0.05, 0.1) is 5.56 Å². The predicted molar refractivity (Wildman–Crippen MR) is 71.9 cm³/mol. The van der Waals surface area contributed by atoms with Gasteiger partial charge < -0.3 is 16.0 Å². The molecule has 2 rings (SSSR count). The van der Waals surface area contributed by atoms with Gasteiger partial charge in [-0.2, -0.15) is 13.2 Å². The first-order valence-corrected chi connectivity index (χ1v) is 5.85. The van der Waals surface area contributed by atoms with Gasteiger partial charge in [-0.1, -0.05) is 6.07 Å². The summed E-state index contributed by atoms with van der Waals surface area (Å²) in [7, 11) is 0. The maximum absolute atomic E-state index is 12.5. The minimum atomic E-state index is -4.42. The molecule has 0 aliphatic carbocycles.